The number of alkyl halides is 4. The number of amides is 1. The lowest BCUT2D eigenvalue weighted by Crippen LogP contribution is -2.24. The van der Waals surface area contributed by atoms with E-state index in [1.54, 1.807) is 0 Å². The molecule has 10 heteroatoms. The van der Waals surface area contributed by atoms with Gasteiger partial charge in [-0.15, -0.1) is 0 Å². The maximum absolute atomic E-state index is 12.5. The fourth-order valence-electron chi connectivity index (χ4n) is 2.07. The summed E-state index contributed by atoms with van der Waals surface area (Å²) in [6.07, 6.45) is 6.00. The van der Waals surface area contributed by atoms with Crippen LogP contribution in [-0.4, -0.2) is 30.2 Å². The molecule has 0 unspecified atom stereocenters. The number of nitrogens with one attached hydrogen (secondary N) is 1. The number of ether oxygens (including phenoxy) is 2. The van der Waals surface area contributed by atoms with Crippen molar-refractivity contribution in [3.63, 3.8) is 0 Å². The van der Waals surface area contributed by atoms with Crippen LogP contribution in [0.5, 0.6) is 11.5 Å². The first-order valence-corrected chi connectivity index (χ1v) is 8.93. The average Bonchev–Trinajstić information content (AvgIpc) is 2.69. The van der Waals surface area contributed by atoms with Gasteiger partial charge in [0.15, 0.2) is 11.5 Å². The van der Waals surface area contributed by atoms with E-state index in [2.05, 4.69) is 21.4 Å². The number of aliphatic carboxylic acids is 1. The summed E-state index contributed by atoms with van der Waals surface area (Å²) in [7, 11) is 0. The van der Waals surface area contributed by atoms with Gasteiger partial charge in [0.25, 0.3) is 0 Å². The summed E-state index contributed by atoms with van der Waals surface area (Å²) < 4.78 is 57.8. The molecule has 1 aromatic carbocycles. The van der Waals surface area contributed by atoms with Crippen molar-refractivity contribution in [3.05, 3.63) is 65.9 Å². The van der Waals surface area contributed by atoms with E-state index in [0.717, 1.165) is 18.2 Å². The number of halogens is 4. The molecule has 0 spiro atoms. The zero-order chi connectivity index (χ0) is 24.0. The molecule has 0 bridgehead atoms. The van der Waals surface area contributed by atoms with Crippen LogP contribution in [0.15, 0.2) is 60.4 Å². The second-order valence-corrected chi connectivity index (χ2v) is 5.11. The van der Waals surface area contributed by atoms with E-state index in [-0.39, 0.29) is 16.8 Å². The Balaban J connectivity index is 0.00000436. The Bertz CT molecular complexity index is 848. The van der Waals surface area contributed by atoms with E-state index in [1.807, 2.05) is 13.8 Å². The highest BCUT2D eigenvalue weighted by Crippen LogP contribution is 2.31. The summed E-state index contributed by atoms with van der Waals surface area (Å²) in [6, 6.07) is 3.19. The van der Waals surface area contributed by atoms with E-state index >= 15 is 0 Å². The molecular formula is C21H23F4NO5. The molecule has 6 nitrogen and oxygen atoms in total. The van der Waals surface area contributed by atoms with E-state index in [0.29, 0.717) is 0 Å². The first-order valence-electron chi connectivity index (χ1n) is 8.93. The number of hydrogen-bond acceptors (Lipinski definition) is 4. The van der Waals surface area contributed by atoms with Gasteiger partial charge in [0, 0.05) is 6.08 Å². The van der Waals surface area contributed by atoms with Gasteiger partial charge in [0.1, 0.15) is 0 Å². The molecule has 0 aromatic heterocycles. The second-order valence-electron chi connectivity index (χ2n) is 5.11. The van der Waals surface area contributed by atoms with Gasteiger partial charge in [-0.25, -0.2) is 4.79 Å². The van der Waals surface area contributed by atoms with Crippen LogP contribution in [0.1, 0.15) is 26.3 Å². The van der Waals surface area contributed by atoms with Gasteiger partial charge in [0.05, 0.1) is 11.3 Å². The number of rotatable bonds is 10. The van der Waals surface area contributed by atoms with Crippen molar-refractivity contribution in [2.75, 3.05) is 0 Å². The molecule has 2 N–H and O–H groups in total. The van der Waals surface area contributed by atoms with Crippen LogP contribution < -0.4 is 14.8 Å². The van der Waals surface area contributed by atoms with Crippen molar-refractivity contribution in [3.8, 4) is 11.5 Å². The fraction of sp³-hybridized carbons (Fsp3) is 0.238. The number of carbonyl (C=O) groups excluding carboxylic acids is 1. The molecular weight excluding hydrogens is 422 g/mol. The standard InChI is InChI=1S/C19H17F4NO5.C2H6/c1-3-5-13(12(4-2)17(26)27)24-16(25)9-7-11-6-8-14(28-18(20)21)15(10-11)29-19(22)23;1-2/h3-10,18-19H,1H2,2H3,(H,24,25)(H,26,27);1-2H3/b9-7+,12-4+,13-5+;. The maximum atomic E-state index is 12.5. The molecule has 0 aliphatic carbocycles. The third-order valence-electron chi connectivity index (χ3n) is 3.18. The third kappa shape index (κ3) is 10.2. The Kier molecular flexibility index (Phi) is 12.8. The highest BCUT2D eigenvalue weighted by molar-refractivity contribution is 5.97. The predicted octanol–water partition coefficient (Wildman–Crippen LogP) is 5.15. The van der Waals surface area contributed by atoms with Crippen LogP contribution in [-0.2, 0) is 9.59 Å². The molecule has 1 rings (SSSR count). The summed E-state index contributed by atoms with van der Waals surface area (Å²) in [6.45, 7) is 2.38. The van der Waals surface area contributed by atoms with Crippen LogP contribution in [0, 0.1) is 0 Å². The Morgan fingerprint density at radius 2 is 1.68 bits per heavy atom. The first kappa shape index (κ1) is 27.4. The number of benzene rings is 1. The van der Waals surface area contributed by atoms with Crippen LogP contribution in [0.2, 0.25) is 0 Å². The molecule has 31 heavy (non-hydrogen) atoms. The minimum absolute atomic E-state index is 0.0212. The van der Waals surface area contributed by atoms with Crippen molar-refractivity contribution in [2.45, 2.75) is 34.0 Å². The second kappa shape index (κ2) is 14.4. The molecule has 170 valence electrons. The third-order valence-corrected chi connectivity index (χ3v) is 3.18. The molecule has 1 aromatic rings. The zero-order valence-corrected chi connectivity index (χ0v) is 17.1. The van der Waals surface area contributed by atoms with Crippen LogP contribution >= 0.6 is 0 Å². The highest BCUT2D eigenvalue weighted by Gasteiger charge is 2.16. The SMILES string of the molecule is C=C/C=C(NC(=O)/C=C/c1ccc(OC(F)F)c(OC(F)F)c1)\C(=C/C)C(=O)O.CC. The van der Waals surface area contributed by atoms with Crippen LogP contribution in [0.25, 0.3) is 6.08 Å². The monoisotopic (exact) mass is 445 g/mol. The Labute approximate surface area is 177 Å². The van der Waals surface area contributed by atoms with E-state index in [9.17, 15) is 27.2 Å². The normalized spacial score (nSPS) is 11.8. The Hall–Kier alpha value is -3.56. The van der Waals surface area contributed by atoms with Crippen LogP contribution in [0.4, 0.5) is 17.6 Å². The smallest absolute Gasteiger partial charge is 0.387 e. The lowest BCUT2D eigenvalue weighted by atomic mass is 10.1. The molecule has 1 amide bonds. The predicted molar refractivity (Wildman–Crippen MR) is 108 cm³/mol. The van der Waals surface area contributed by atoms with Crippen molar-refractivity contribution in [2.24, 2.45) is 0 Å². The van der Waals surface area contributed by atoms with Gasteiger partial charge in [-0.05, 0) is 36.8 Å². The number of carboxylic acid groups (broad SMARTS) is 1. The largest absolute Gasteiger partial charge is 0.478 e. The lowest BCUT2D eigenvalue weighted by Gasteiger charge is -2.12. The molecule has 0 saturated carbocycles. The lowest BCUT2D eigenvalue weighted by molar-refractivity contribution is -0.132. The molecule has 0 aliphatic rings. The molecule has 0 atom stereocenters. The van der Waals surface area contributed by atoms with Crippen molar-refractivity contribution in [1.29, 1.82) is 0 Å². The number of carboxylic acids is 1. The van der Waals surface area contributed by atoms with Gasteiger partial charge in [-0.3, -0.25) is 4.79 Å². The summed E-state index contributed by atoms with van der Waals surface area (Å²) in [4.78, 5) is 23.2. The number of allylic oxidation sites excluding steroid dienone is 3. The summed E-state index contributed by atoms with van der Waals surface area (Å²) in [5.74, 6) is -3.24. The minimum Gasteiger partial charge on any atom is -0.478 e. The van der Waals surface area contributed by atoms with Gasteiger partial charge >= 0.3 is 19.2 Å². The van der Waals surface area contributed by atoms with Gasteiger partial charge in [-0.1, -0.05) is 38.6 Å². The molecule has 0 radical (unpaired) electrons. The highest BCUT2D eigenvalue weighted by atomic mass is 19.3. The van der Waals surface area contributed by atoms with Crippen LogP contribution in [0.3, 0.4) is 0 Å². The molecule has 0 aliphatic heterocycles. The topological polar surface area (TPSA) is 84.9 Å². The Morgan fingerprint density at radius 3 is 2.16 bits per heavy atom. The van der Waals surface area contributed by atoms with E-state index in [4.69, 9.17) is 5.11 Å². The first-order chi connectivity index (χ1) is 14.7. The maximum Gasteiger partial charge on any atom is 0.387 e. The van der Waals surface area contributed by atoms with Crippen molar-refractivity contribution in [1.82, 2.24) is 5.32 Å². The fourth-order valence-corrected chi connectivity index (χ4v) is 2.07. The summed E-state index contributed by atoms with van der Waals surface area (Å²) in [5, 5.41) is 11.5. The minimum atomic E-state index is -3.28. The average molecular weight is 445 g/mol. The quantitative estimate of drug-likeness (QED) is 0.296. The van der Waals surface area contributed by atoms with Crippen molar-refractivity contribution >= 4 is 18.0 Å². The molecule has 0 fully saturated rings. The molecule has 0 heterocycles. The zero-order valence-electron chi connectivity index (χ0n) is 17.1. The van der Waals surface area contributed by atoms with E-state index < -0.39 is 36.6 Å². The molecule has 0 saturated heterocycles. The summed E-state index contributed by atoms with van der Waals surface area (Å²) >= 11 is 0. The van der Waals surface area contributed by atoms with E-state index in [1.165, 1.54) is 37.3 Å². The number of carbonyl (C=O) groups is 2. The number of hydrogen-bond donors (Lipinski definition) is 2. The van der Waals surface area contributed by atoms with Gasteiger partial charge in [0.2, 0.25) is 5.91 Å². The Morgan fingerprint density at radius 1 is 1.10 bits per heavy atom. The van der Waals surface area contributed by atoms with Crippen molar-refractivity contribution < 1.29 is 41.7 Å². The van der Waals surface area contributed by atoms with Gasteiger partial charge < -0.3 is 19.9 Å². The van der Waals surface area contributed by atoms with Gasteiger partial charge in [-0.2, -0.15) is 17.6 Å². The summed E-state index contributed by atoms with van der Waals surface area (Å²) in [5.41, 5.74) is -0.0315.